The second-order valence-electron chi connectivity index (χ2n) is 6.70. The number of carboxylic acids is 1. The van der Waals surface area contributed by atoms with Gasteiger partial charge in [0, 0.05) is 6.07 Å². The minimum Gasteiger partial charge on any atom is -0.481 e. The highest BCUT2D eigenvalue weighted by molar-refractivity contribution is 5.93. The van der Waals surface area contributed by atoms with Crippen LogP contribution in [0.2, 0.25) is 0 Å². The molecule has 0 radical (unpaired) electrons. The minimum atomic E-state index is -1.05. The SMILES string of the molecule is CCOc1cc(C(=O)N[C@@H](CC(=O)O)c2cccc(C)c2)nn1-c1ccccc1F. The number of nitrogens with zero attached hydrogens (tertiary/aromatic N) is 2. The van der Waals surface area contributed by atoms with Crippen LogP contribution in [0, 0.1) is 12.7 Å². The highest BCUT2D eigenvalue weighted by Gasteiger charge is 2.23. The molecule has 0 bridgehead atoms. The summed E-state index contributed by atoms with van der Waals surface area (Å²) in [6.45, 7) is 3.94. The largest absolute Gasteiger partial charge is 0.481 e. The van der Waals surface area contributed by atoms with Crippen LogP contribution >= 0.6 is 0 Å². The Bertz CT molecular complexity index is 1060. The Morgan fingerprint density at radius 3 is 2.63 bits per heavy atom. The van der Waals surface area contributed by atoms with Crippen molar-refractivity contribution >= 4 is 11.9 Å². The summed E-state index contributed by atoms with van der Waals surface area (Å²) in [5.74, 6) is -1.94. The number of benzene rings is 2. The lowest BCUT2D eigenvalue weighted by Gasteiger charge is -2.17. The number of halogens is 1. The van der Waals surface area contributed by atoms with E-state index >= 15 is 0 Å². The van der Waals surface area contributed by atoms with Crippen LogP contribution in [-0.2, 0) is 4.79 Å². The molecule has 1 amide bonds. The maximum atomic E-state index is 14.2. The smallest absolute Gasteiger partial charge is 0.305 e. The van der Waals surface area contributed by atoms with Crippen molar-refractivity contribution in [2.75, 3.05) is 6.61 Å². The number of hydrogen-bond donors (Lipinski definition) is 2. The van der Waals surface area contributed by atoms with Crippen LogP contribution in [0.1, 0.15) is 41.0 Å². The van der Waals surface area contributed by atoms with Gasteiger partial charge in [-0.05, 0) is 31.5 Å². The van der Waals surface area contributed by atoms with Crippen molar-refractivity contribution in [1.29, 1.82) is 0 Å². The molecule has 3 aromatic rings. The number of carboxylic acid groups (broad SMARTS) is 1. The first-order valence-corrected chi connectivity index (χ1v) is 9.46. The zero-order valence-electron chi connectivity index (χ0n) is 16.6. The van der Waals surface area contributed by atoms with Gasteiger partial charge in [-0.15, -0.1) is 0 Å². The summed E-state index contributed by atoms with van der Waals surface area (Å²) in [4.78, 5) is 24.2. The van der Waals surface area contributed by atoms with E-state index in [0.29, 0.717) is 12.2 Å². The number of nitrogens with one attached hydrogen (secondary N) is 1. The van der Waals surface area contributed by atoms with Gasteiger partial charge in [0.05, 0.1) is 19.1 Å². The van der Waals surface area contributed by atoms with E-state index in [2.05, 4.69) is 10.4 Å². The van der Waals surface area contributed by atoms with Gasteiger partial charge in [0.2, 0.25) is 5.88 Å². The minimum absolute atomic E-state index is 0.00950. The van der Waals surface area contributed by atoms with E-state index in [9.17, 15) is 19.1 Å². The number of aliphatic carboxylic acids is 1. The summed E-state index contributed by atoms with van der Waals surface area (Å²) in [6.07, 6.45) is -0.290. The summed E-state index contributed by atoms with van der Waals surface area (Å²) in [7, 11) is 0. The molecule has 1 heterocycles. The zero-order chi connectivity index (χ0) is 21.7. The number of hydrogen-bond acceptors (Lipinski definition) is 4. The molecule has 0 aliphatic carbocycles. The van der Waals surface area contributed by atoms with Crippen molar-refractivity contribution in [3.8, 4) is 11.6 Å². The Labute approximate surface area is 173 Å². The average molecular weight is 411 g/mol. The molecule has 3 rings (SSSR count). The molecule has 156 valence electrons. The van der Waals surface area contributed by atoms with Crippen LogP contribution in [0.3, 0.4) is 0 Å². The van der Waals surface area contributed by atoms with Crippen molar-refractivity contribution in [2.24, 2.45) is 0 Å². The normalized spacial score (nSPS) is 11.7. The Kier molecular flexibility index (Phi) is 6.46. The van der Waals surface area contributed by atoms with Gasteiger partial charge in [-0.3, -0.25) is 9.59 Å². The first kappa shape index (κ1) is 21.0. The zero-order valence-corrected chi connectivity index (χ0v) is 16.6. The van der Waals surface area contributed by atoms with Gasteiger partial charge in [0.15, 0.2) is 5.69 Å². The molecule has 1 aromatic heterocycles. The number of carbonyl (C=O) groups excluding carboxylic acids is 1. The first-order chi connectivity index (χ1) is 14.4. The molecule has 1 atom stereocenters. The lowest BCUT2D eigenvalue weighted by molar-refractivity contribution is -0.137. The highest BCUT2D eigenvalue weighted by atomic mass is 19.1. The maximum absolute atomic E-state index is 14.2. The molecule has 0 saturated heterocycles. The number of ether oxygens (including phenoxy) is 1. The number of aromatic nitrogens is 2. The molecule has 2 N–H and O–H groups in total. The van der Waals surface area contributed by atoms with Gasteiger partial charge < -0.3 is 15.2 Å². The topological polar surface area (TPSA) is 93.4 Å². The summed E-state index contributed by atoms with van der Waals surface area (Å²) in [5.41, 5.74) is 1.74. The summed E-state index contributed by atoms with van der Waals surface area (Å²) in [5, 5.41) is 16.2. The van der Waals surface area contributed by atoms with Crippen molar-refractivity contribution in [1.82, 2.24) is 15.1 Å². The summed E-state index contributed by atoms with van der Waals surface area (Å²) in [6, 6.07) is 13.9. The van der Waals surface area contributed by atoms with Gasteiger partial charge in [0.25, 0.3) is 5.91 Å². The number of amides is 1. The average Bonchev–Trinajstić information content (AvgIpc) is 3.11. The molecule has 8 heteroatoms. The van der Waals surface area contributed by atoms with E-state index < -0.39 is 23.7 Å². The number of aryl methyl sites for hydroxylation is 1. The standard InChI is InChI=1S/C22H22FN3O4/c1-3-30-20-12-18(25-26(20)19-10-5-4-9-16(19)23)22(29)24-17(13-21(27)28)15-8-6-7-14(2)11-15/h4-12,17H,3,13H2,1-2H3,(H,24,29)(H,27,28)/t17-/m0/s1. The molecule has 7 nitrogen and oxygen atoms in total. The summed E-state index contributed by atoms with van der Waals surface area (Å²) >= 11 is 0. The molecular formula is C22H22FN3O4. The molecule has 0 fully saturated rings. The van der Waals surface area contributed by atoms with Crippen molar-refractivity contribution in [2.45, 2.75) is 26.3 Å². The van der Waals surface area contributed by atoms with Crippen LogP contribution in [0.4, 0.5) is 4.39 Å². The highest BCUT2D eigenvalue weighted by Crippen LogP contribution is 2.23. The van der Waals surface area contributed by atoms with Crippen molar-refractivity contribution in [3.63, 3.8) is 0 Å². The predicted octanol–water partition coefficient (Wildman–Crippen LogP) is 3.66. The lowest BCUT2D eigenvalue weighted by atomic mass is 10.0. The molecule has 0 unspecified atom stereocenters. The van der Waals surface area contributed by atoms with Gasteiger partial charge >= 0.3 is 5.97 Å². The van der Waals surface area contributed by atoms with Gasteiger partial charge in [-0.25, -0.2) is 4.39 Å². The second-order valence-corrected chi connectivity index (χ2v) is 6.70. The Morgan fingerprint density at radius 2 is 1.97 bits per heavy atom. The fourth-order valence-electron chi connectivity index (χ4n) is 3.07. The lowest BCUT2D eigenvalue weighted by Crippen LogP contribution is -2.30. The second kappa shape index (κ2) is 9.21. The molecular weight excluding hydrogens is 389 g/mol. The third-order valence-corrected chi connectivity index (χ3v) is 4.41. The monoisotopic (exact) mass is 411 g/mol. The van der Waals surface area contributed by atoms with E-state index in [4.69, 9.17) is 4.74 Å². The van der Waals surface area contributed by atoms with E-state index in [1.807, 2.05) is 19.1 Å². The Hall–Kier alpha value is -3.68. The third-order valence-electron chi connectivity index (χ3n) is 4.41. The number of rotatable bonds is 8. The van der Waals surface area contributed by atoms with Gasteiger partial charge in [0.1, 0.15) is 11.5 Å². The Balaban J connectivity index is 1.92. The van der Waals surface area contributed by atoms with E-state index in [1.165, 1.54) is 22.9 Å². The fourth-order valence-corrected chi connectivity index (χ4v) is 3.07. The first-order valence-electron chi connectivity index (χ1n) is 9.46. The van der Waals surface area contributed by atoms with E-state index in [1.54, 1.807) is 31.2 Å². The van der Waals surface area contributed by atoms with Crippen LogP contribution in [0.25, 0.3) is 5.69 Å². The van der Waals surface area contributed by atoms with Crippen molar-refractivity contribution in [3.05, 3.63) is 77.2 Å². The maximum Gasteiger partial charge on any atom is 0.305 e. The van der Waals surface area contributed by atoms with E-state index in [-0.39, 0.29) is 23.7 Å². The van der Waals surface area contributed by atoms with Gasteiger partial charge in [-0.2, -0.15) is 9.78 Å². The molecule has 0 spiro atoms. The third kappa shape index (κ3) is 4.83. The van der Waals surface area contributed by atoms with Crippen LogP contribution < -0.4 is 10.1 Å². The van der Waals surface area contributed by atoms with E-state index in [0.717, 1.165) is 5.56 Å². The number of para-hydroxylation sites is 1. The van der Waals surface area contributed by atoms with Crippen LogP contribution in [0.15, 0.2) is 54.6 Å². The fraction of sp³-hybridized carbons (Fsp3) is 0.227. The molecule has 2 aromatic carbocycles. The summed E-state index contributed by atoms with van der Waals surface area (Å²) < 4.78 is 21.0. The van der Waals surface area contributed by atoms with Crippen LogP contribution in [0.5, 0.6) is 5.88 Å². The van der Waals surface area contributed by atoms with Gasteiger partial charge in [-0.1, -0.05) is 42.0 Å². The van der Waals surface area contributed by atoms with Crippen LogP contribution in [-0.4, -0.2) is 33.4 Å². The van der Waals surface area contributed by atoms with Crippen molar-refractivity contribution < 1.29 is 23.8 Å². The Morgan fingerprint density at radius 1 is 1.20 bits per heavy atom. The predicted molar refractivity (Wildman–Crippen MR) is 108 cm³/mol. The molecule has 0 aliphatic heterocycles. The molecule has 0 saturated carbocycles. The molecule has 30 heavy (non-hydrogen) atoms. The quantitative estimate of drug-likeness (QED) is 0.590. The molecule has 0 aliphatic rings. The number of carbonyl (C=O) groups is 2.